The standard InChI is InChI=1S/C14H25N3O2/c1-11(2)9-18-7-5-6-15-13-8-14(17-10-16-13)19-12(3)4/h8,10-12H,5-7,9H2,1-4H3,(H,15,16,17). The van der Waals surface area contributed by atoms with Crippen LogP contribution in [0.1, 0.15) is 34.1 Å². The molecule has 0 spiro atoms. The number of rotatable bonds is 9. The molecule has 0 aromatic carbocycles. The van der Waals surface area contributed by atoms with E-state index in [1.807, 2.05) is 19.9 Å². The fourth-order valence-corrected chi connectivity index (χ4v) is 1.45. The van der Waals surface area contributed by atoms with E-state index >= 15 is 0 Å². The smallest absolute Gasteiger partial charge is 0.218 e. The Labute approximate surface area is 115 Å². The Morgan fingerprint density at radius 2 is 2.00 bits per heavy atom. The van der Waals surface area contributed by atoms with Gasteiger partial charge in [0.1, 0.15) is 12.1 Å². The van der Waals surface area contributed by atoms with Crippen LogP contribution in [0, 0.1) is 5.92 Å². The molecule has 0 fully saturated rings. The van der Waals surface area contributed by atoms with Crippen molar-refractivity contribution in [1.82, 2.24) is 9.97 Å². The van der Waals surface area contributed by atoms with Crippen LogP contribution in [-0.4, -0.2) is 35.8 Å². The Kier molecular flexibility index (Phi) is 7.18. The molecule has 19 heavy (non-hydrogen) atoms. The maximum absolute atomic E-state index is 5.51. The van der Waals surface area contributed by atoms with Crippen molar-refractivity contribution < 1.29 is 9.47 Å². The van der Waals surface area contributed by atoms with Crippen molar-refractivity contribution in [3.63, 3.8) is 0 Å². The van der Waals surface area contributed by atoms with Gasteiger partial charge in [-0.25, -0.2) is 9.97 Å². The zero-order valence-corrected chi connectivity index (χ0v) is 12.3. The van der Waals surface area contributed by atoms with Gasteiger partial charge < -0.3 is 14.8 Å². The van der Waals surface area contributed by atoms with E-state index in [9.17, 15) is 0 Å². The van der Waals surface area contributed by atoms with Gasteiger partial charge in [0.25, 0.3) is 0 Å². The maximum atomic E-state index is 5.51. The lowest BCUT2D eigenvalue weighted by atomic mass is 10.2. The summed E-state index contributed by atoms with van der Waals surface area (Å²) in [7, 11) is 0. The van der Waals surface area contributed by atoms with Gasteiger partial charge in [-0.05, 0) is 26.2 Å². The fraction of sp³-hybridized carbons (Fsp3) is 0.714. The topological polar surface area (TPSA) is 56.3 Å². The summed E-state index contributed by atoms with van der Waals surface area (Å²) in [6, 6.07) is 1.81. The number of anilines is 1. The summed E-state index contributed by atoms with van der Waals surface area (Å²) in [5, 5.41) is 3.24. The van der Waals surface area contributed by atoms with Gasteiger partial charge in [0, 0.05) is 25.8 Å². The molecule has 0 bridgehead atoms. The second kappa shape index (κ2) is 8.69. The molecule has 0 atom stereocenters. The highest BCUT2D eigenvalue weighted by molar-refractivity contribution is 5.36. The molecule has 0 unspecified atom stereocenters. The molecule has 1 aromatic heterocycles. The third-order valence-corrected chi connectivity index (χ3v) is 2.22. The molecule has 0 amide bonds. The summed E-state index contributed by atoms with van der Waals surface area (Å²) >= 11 is 0. The second-order valence-corrected chi connectivity index (χ2v) is 5.16. The number of nitrogens with one attached hydrogen (secondary N) is 1. The van der Waals surface area contributed by atoms with E-state index in [4.69, 9.17) is 9.47 Å². The number of hydrogen-bond acceptors (Lipinski definition) is 5. The summed E-state index contributed by atoms with van der Waals surface area (Å²) in [5.41, 5.74) is 0. The highest BCUT2D eigenvalue weighted by atomic mass is 16.5. The molecule has 0 saturated carbocycles. The molecule has 0 saturated heterocycles. The average Bonchev–Trinajstić information content (AvgIpc) is 2.33. The van der Waals surface area contributed by atoms with Gasteiger partial charge in [-0.1, -0.05) is 13.8 Å². The molecule has 1 rings (SSSR count). The van der Waals surface area contributed by atoms with Gasteiger partial charge >= 0.3 is 0 Å². The minimum Gasteiger partial charge on any atom is -0.475 e. The number of hydrogen-bond donors (Lipinski definition) is 1. The predicted octanol–water partition coefficient (Wildman–Crippen LogP) is 2.74. The third-order valence-electron chi connectivity index (χ3n) is 2.22. The van der Waals surface area contributed by atoms with Crippen LogP contribution in [0.3, 0.4) is 0 Å². The first-order valence-corrected chi connectivity index (χ1v) is 6.88. The van der Waals surface area contributed by atoms with E-state index in [-0.39, 0.29) is 6.10 Å². The highest BCUT2D eigenvalue weighted by Crippen LogP contribution is 2.12. The van der Waals surface area contributed by atoms with E-state index in [2.05, 4.69) is 29.1 Å². The van der Waals surface area contributed by atoms with E-state index in [0.717, 1.165) is 32.0 Å². The van der Waals surface area contributed by atoms with Gasteiger partial charge in [0.2, 0.25) is 5.88 Å². The van der Waals surface area contributed by atoms with Crippen molar-refractivity contribution in [2.75, 3.05) is 25.1 Å². The quantitative estimate of drug-likeness (QED) is 0.697. The van der Waals surface area contributed by atoms with Crippen LogP contribution in [0.5, 0.6) is 5.88 Å². The molecule has 0 aliphatic heterocycles. The SMILES string of the molecule is CC(C)COCCCNc1cc(OC(C)C)ncn1. The van der Waals surface area contributed by atoms with E-state index in [1.54, 1.807) is 0 Å². The summed E-state index contributed by atoms with van der Waals surface area (Å²) < 4.78 is 11.0. The third kappa shape index (κ3) is 7.62. The maximum Gasteiger partial charge on any atom is 0.218 e. The normalized spacial score (nSPS) is 11.1. The zero-order chi connectivity index (χ0) is 14.1. The molecule has 108 valence electrons. The molecular formula is C14H25N3O2. The monoisotopic (exact) mass is 267 g/mol. The van der Waals surface area contributed by atoms with Gasteiger partial charge in [0.15, 0.2) is 0 Å². The van der Waals surface area contributed by atoms with Crippen molar-refractivity contribution >= 4 is 5.82 Å². The second-order valence-electron chi connectivity index (χ2n) is 5.16. The Bertz CT molecular complexity index is 356. The lowest BCUT2D eigenvalue weighted by molar-refractivity contribution is 0.110. The fourth-order valence-electron chi connectivity index (χ4n) is 1.45. The molecular weight excluding hydrogens is 242 g/mol. The van der Waals surface area contributed by atoms with Crippen molar-refractivity contribution in [2.45, 2.75) is 40.2 Å². The van der Waals surface area contributed by atoms with Gasteiger partial charge in [-0.3, -0.25) is 0 Å². The molecule has 1 aromatic rings. The minimum absolute atomic E-state index is 0.118. The van der Waals surface area contributed by atoms with Crippen LogP contribution in [0.15, 0.2) is 12.4 Å². The van der Waals surface area contributed by atoms with Crippen molar-refractivity contribution in [2.24, 2.45) is 5.92 Å². The Hall–Kier alpha value is -1.36. The first-order valence-electron chi connectivity index (χ1n) is 6.88. The Morgan fingerprint density at radius 3 is 2.68 bits per heavy atom. The molecule has 0 aliphatic carbocycles. The van der Waals surface area contributed by atoms with Gasteiger partial charge in [-0.15, -0.1) is 0 Å². The largest absolute Gasteiger partial charge is 0.475 e. The molecule has 1 heterocycles. The summed E-state index contributed by atoms with van der Waals surface area (Å²) in [6.45, 7) is 10.7. The number of aromatic nitrogens is 2. The summed E-state index contributed by atoms with van der Waals surface area (Å²) in [5.74, 6) is 1.98. The Morgan fingerprint density at radius 1 is 1.21 bits per heavy atom. The number of nitrogens with zero attached hydrogens (tertiary/aromatic N) is 2. The van der Waals surface area contributed by atoms with E-state index < -0.39 is 0 Å². The first-order chi connectivity index (χ1) is 9.08. The van der Waals surface area contributed by atoms with Crippen LogP contribution in [0.4, 0.5) is 5.82 Å². The molecule has 1 N–H and O–H groups in total. The van der Waals surface area contributed by atoms with E-state index in [0.29, 0.717) is 11.8 Å². The zero-order valence-electron chi connectivity index (χ0n) is 12.3. The first kappa shape index (κ1) is 15.7. The van der Waals surface area contributed by atoms with E-state index in [1.165, 1.54) is 6.33 Å². The van der Waals surface area contributed by atoms with Crippen LogP contribution in [0.25, 0.3) is 0 Å². The van der Waals surface area contributed by atoms with Crippen LogP contribution < -0.4 is 10.1 Å². The lowest BCUT2D eigenvalue weighted by Crippen LogP contribution is -2.10. The van der Waals surface area contributed by atoms with Gasteiger partial charge in [-0.2, -0.15) is 0 Å². The van der Waals surface area contributed by atoms with Crippen molar-refractivity contribution in [1.29, 1.82) is 0 Å². The molecule has 0 radical (unpaired) electrons. The highest BCUT2D eigenvalue weighted by Gasteiger charge is 2.01. The minimum atomic E-state index is 0.118. The average molecular weight is 267 g/mol. The predicted molar refractivity (Wildman–Crippen MR) is 76.6 cm³/mol. The summed E-state index contributed by atoms with van der Waals surface area (Å²) in [4.78, 5) is 8.21. The molecule has 0 aliphatic rings. The molecule has 5 heteroatoms. The van der Waals surface area contributed by atoms with Crippen LogP contribution in [0.2, 0.25) is 0 Å². The van der Waals surface area contributed by atoms with Crippen molar-refractivity contribution in [3.05, 3.63) is 12.4 Å². The molecule has 5 nitrogen and oxygen atoms in total. The van der Waals surface area contributed by atoms with Gasteiger partial charge in [0.05, 0.1) is 6.10 Å². The van der Waals surface area contributed by atoms with Crippen LogP contribution in [-0.2, 0) is 4.74 Å². The lowest BCUT2D eigenvalue weighted by Gasteiger charge is -2.10. The number of ether oxygens (including phenoxy) is 2. The van der Waals surface area contributed by atoms with Crippen molar-refractivity contribution in [3.8, 4) is 5.88 Å². The summed E-state index contributed by atoms with van der Waals surface area (Å²) in [6.07, 6.45) is 2.58. The van der Waals surface area contributed by atoms with Crippen LogP contribution >= 0.6 is 0 Å². The Balaban J connectivity index is 2.22.